The van der Waals surface area contributed by atoms with Crippen LogP contribution in [0.3, 0.4) is 0 Å². The van der Waals surface area contributed by atoms with Gasteiger partial charge < -0.3 is 37.4 Å². The fourth-order valence-corrected chi connectivity index (χ4v) is 4.27. The van der Waals surface area contributed by atoms with Crippen LogP contribution in [-0.4, -0.2) is 71.6 Å². The third kappa shape index (κ3) is 11.6. The van der Waals surface area contributed by atoms with Gasteiger partial charge >= 0.3 is 6.09 Å². The van der Waals surface area contributed by atoms with Gasteiger partial charge in [-0.3, -0.25) is 19.2 Å². The molecule has 0 aliphatic carbocycles. The Balaban J connectivity index is 3.12. The number of aldehydes is 1. The molecule has 42 heavy (non-hydrogen) atoms. The molecule has 0 heterocycles. The number of hydrogen-bond acceptors (Lipinski definition) is 9. The number of rotatable bonds is 17. The van der Waals surface area contributed by atoms with Crippen molar-refractivity contribution < 1.29 is 33.5 Å². The molecule has 0 saturated carbocycles. The number of amides is 5. The standard InChI is InChI=1S/C27H40Cl2N6O7/c1-4-15(2)22(13-36)35(27(41)42-14-17-8-9-18(28)11-19(17)29)26(40)16(3)33-25(39)21(12-23(32)37)34-24(38)20(31)7-5-6-10-30/h8-9,11,13,15-16,20-22H,4-7,10,12,14,30-31H2,1-3H3,(H2,32,37)(H,33,39)(H,34,38)/t15-,16-,20-,21-,22+/m0/s1. The number of ether oxygens (including phenoxy) is 1. The molecule has 1 aromatic rings. The molecule has 0 spiro atoms. The minimum Gasteiger partial charge on any atom is -0.444 e. The third-order valence-corrected chi connectivity index (χ3v) is 7.13. The second-order valence-electron chi connectivity index (χ2n) is 9.86. The lowest BCUT2D eigenvalue weighted by molar-refractivity contribution is -0.140. The van der Waals surface area contributed by atoms with E-state index in [9.17, 15) is 28.8 Å². The second-order valence-corrected chi connectivity index (χ2v) is 10.7. The van der Waals surface area contributed by atoms with Gasteiger partial charge in [-0.25, -0.2) is 9.69 Å². The first kappa shape index (κ1) is 36.8. The Kier molecular flexibility index (Phi) is 16.0. The summed E-state index contributed by atoms with van der Waals surface area (Å²) in [6, 6.07) is -0.496. The van der Waals surface area contributed by atoms with Crippen LogP contribution in [0.1, 0.15) is 58.4 Å². The van der Waals surface area contributed by atoms with Gasteiger partial charge in [-0.2, -0.15) is 0 Å². The average Bonchev–Trinajstić information content (AvgIpc) is 2.93. The number of imide groups is 1. The van der Waals surface area contributed by atoms with Crippen LogP contribution < -0.4 is 27.8 Å². The van der Waals surface area contributed by atoms with Gasteiger partial charge in [0.15, 0.2) is 0 Å². The van der Waals surface area contributed by atoms with E-state index in [0.29, 0.717) is 54.0 Å². The van der Waals surface area contributed by atoms with E-state index in [1.54, 1.807) is 19.9 Å². The lowest BCUT2D eigenvalue weighted by Gasteiger charge is -2.31. The van der Waals surface area contributed by atoms with Crippen molar-refractivity contribution in [2.24, 2.45) is 23.1 Å². The van der Waals surface area contributed by atoms with Gasteiger partial charge in [0.1, 0.15) is 31.0 Å². The summed E-state index contributed by atoms with van der Waals surface area (Å²) in [5.74, 6) is -3.94. The highest BCUT2D eigenvalue weighted by Gasteiger charge is 2.38. The van der Waals surface area contributed by atoms with E-state index in [-0.39, 0.29) is 11.6 Å². The topological polar surface area (TPSA) is 217 Å². The van der Waals surface area contributed by atoms with Crippen molar-refractivity contribution in [3.63, 3.8) is 0 Å². The minimum atomic E-state index is -1.45. The Morgan fingerprint density at radius 3 is 2.29 bits per heavy atom. The summed E-state index contributed by atoms with van der Waals surface area (Å²) in [7, 11) is 0. The zero-order valence-corrected chi connectivity index (χ0v) is 25.5. The molecular formula is C27H40Cl2N6O7. The minimum absolute atomic E-state index is 0.226. The van der Waals surface area contributed by atoms with Crippen LogP contribution in [0.4, 0.5) is 4.79 Å². The molecule has 0 aromatic heterocycles. The molecule has 0 saturated heterocycles. The molecular weight excluding hydrogens is 591 g/mol. The van der Waals surface area contributed by atoms with Gasteiger partial charge in [0, 0.05) is 15.6 Å². The molecule has 0 unspecified atom stereocenters. The summed E-state index contributed by atoms with van der Waals surface area (Å²) >= 11 is 12.0. The zero-order chi connectivity index (χ0) is 32.0. The van der Waals surface area contributed by atoms with Crippen LogP contribution in [0, 0.1) is 5.92 Å². The number of nitrogens with two attached hydrogens (primary N) is 3. The van der Waals surface area contributed by atoms with E-state index in [0.717, 1.165) is 0 Å². The van der Waals surface area contributed by atoms with Crippen molar-refractivity contribution in [2.75, 3.05) is 6.54 Å². The van der Waals surface area contributed by atoms with Crippen molar-refractivity contribution >= 4 is 59.2 Å². The fourth-order valence-electron chi connectivity index (χ4n) is 3.81. The lowest BCUT2D eigenvalue weighted by Crippen LogP contribution is -2.58. The molecule has 15 heteroatoms. The zero-order valence-electron chi connectivity index (χ0n) is 23.9. The Hall–Kier alpha value is -3.26. The first-order valence-corrected chi connectivity index (χ1v) is 14.3. The largest absolute Gasteiger partial charge is 0.444 e. The van der Waals surface area contributed by atoms with Gasteiger partial charge in [-0.15, -0.1) is 0 Å². The summed E-state index contributed by atoms with van der Waals surface area (Å²) in [5, 5.41) is 5.35. The van der Waals surface area contributed by atoms with Crippen LogP contribution in [-0.2, 0) is 35.3 Å². The number of primary amides is 1. The highest BCUT2D eigenvalue weighted by atomic mass is 35.5. The molecule has 0 radical (unpaired) electrons. The number of unbranched alkanes of at least 4 members (excludes halogenated alkanes) is 1. The van der Waals surface area contributed by atoms with Crippen LogP contribution in [0.15, 0.2) is 18.2 Å². The summed E-state index contributed by atoms with van der Waals surface area (Å²) in [6.07, 6.45) is 0.676. The molecule has 0 fully saturated rings. The quantitative estimate of drug-likeness (QED) is 0.124. The lowest BCUT2D eigenvalue weighted by atomic mass is 9.98. The van der Waals surface area contributed by atoms with Gasteiger partial charge in [-0.1, -0.05) is 56.0 Å². The number of carbonyl (C=O) groups excluding carboxylic acids is 6. The Morgan fingerprint density at radius 1 is 1.07 bits per heavy atom. The molecule has 0 aliphatic heterocycles. The monoisotopic (exact) mass is 630 g/mol. The Morgan fingerprint density at radius 2 is 1.74 bits per heavy atom. The van der Waals surface area contributed by atoms with Crippen LogP contribution in [0.5, 0.6) is 0 Å². The van der Waals surface area contributed by atoms with Crippen molar-refractivity contribution in [3.05, 3.63) is 33.8 Å². The number of nitrogens with zero attached hydrogens (tertiary/aromatic N) is 1. The highest BCUT2D eigenvalue weighted by molar-refractivity contribution is 6.35. The van der Waals surface area contributed by atoms with E-state index < -0.39 is 66.2 Å². The van der Waals surface area contributed by atoms with Crippen LogP contribution >= 0.6 is 23.2 Å². The number of carbonyl (C=O) groups is 6. The van der Waals surface area contributed by atoms with Crippen molar-refractivity contribution in [3.8, 4) is 0 Å². The first-order valence-electron chi connectivity index (χ1n) is 13.5. The second kappa shape index (κ2) is 18.3. The molecule has 5 atom stereocenters. The predicted molar refractivity (Wildman–Crippen MR) is 157 cm³/mol. The van der Waals surface area contributed by atoms with E-state index in [1.165, 1.54) is 19.1 Å². The number of nitrogens with one attached hydrogen (secondary N) is 2. The van der Waals surface area contributed by atoms with E-state index in [2.05, 4.69) is 10.6 Å². The van der Waals surface area contributed by atoms with Gasteiger partial charge in [0.25, 0.3) is 5.91 Å². The van der Waals surface area contributed by atoms with Gasteiger partial charge in [0.2, 0.25) is 17.7 Å². The predicted octanol–water partition coefficient (Wildman–Crippen LogP) is 1.39. The molecule has 5 amide bonds. The first-order chi connectivity index (χ1) is 19.8. The normalized spacial score (nSPS) is 14.5. The fraction of sp³-hybridized carbons (Fsp3) is 0.556. The van der Waals surface area contributed by atoms with E-state index in [4.69, 9.17) is 45.1 Å². The Bertz CT molecular complexity index is 1120. The maximum Gasteiger partial charge on any atom is 0.417 e. The number of halogens is 2. The number of benzene rings is 1. The molecule has 8 N–H and O–H groups in total. The highest BCUT2D eigenvalue weighted by Crippen LogP contribution is 2.23. The van der Waals surface area contributed by atoms with E-state index >= 15 is 0 Å². The maximum absolute atomic E-state index is 13.5. The Labute approximate surface area is 255 Å². The molecule has 1 rings (SSSR count). The summed E-state index contributed by atoms with van der Waals surface area (Å²) in [5.41, 5.74) is 17.0. The maximum atomic E-state index is 13.5. The molecule has 1 aromatic carbocycles. The van der Waals surface area contributed by atoms with E-state index in [1.807, 2.05) is 0 Å². The van der Waals surface area contributed by atoms with Gasteiger partial charge in [-0.05, 0) is 44.4 Å². The SMILES string of the molecule is CC[C@H](C)[C@@H](C=O)N(C(=O)OCc1ccc(Cl)cc1Cl)C(=O)[C@H](C)NC(=O)[C@H](CC(N)=O)NC(=O)[C@@H](N)CCCCN. The summed E-state index contributed by atoms with van der Waals surface area (Å²) < 4.78 is 5.31. The number of hydrogen-bond donors (Lipinski definition) is 5. The molecule has 0 bridgehead atoms. The van der Waals surface area contributed by atoms with Gasteiger partial charge in [0.05, 0.1) is 12.5 Å². The van der Waals surface area contributed by atoms with Crippen LogP contribution in [0.2, 0.25) is 10.0 Å². The molecule has 234 valence electrons. The van der Waals surface area contributed by atoms with Crippen molar-refractivity contribution in [1.82, 2.24) is 15.5 Å². The molecule has 0 aliphatic rings. The van der Waals surface area contributed by atoms with Crippen molar-refractivity contribution in [2.45, 2.75) is 83.6 Å². The smallest absolute Gasteiger partial charge is 0.417 e. The molecule has 13 nitrogen and oxygen atoms in total. The van der Waals surface area contributed by atoms with Crippen molar-refractivity contribution in [1.29, 1.82) is 0 Å². The third-order valence-electron chi connectivity index (χ3n) is 6.54. The average molecular weight is 632 g/mol. The summed E-state index contributed by atoms with van der Waals surface area (Å²) in [6.45, 7) is 4.81. The summed E-state index contributed by atoms with van der Waals surface area (Å²) in [4.78, 5) is 76.5. The van der Waals surface area contributed by atoms with Crippen LogP contribution in [0.25, 0.3) is 0 Å².